The van der Waals surface area contributed by atoms with Crippen LogP contribution in [0, 0.1) is 0 Å². The lowest BCUT2D eigenvalue weighted by atomic mass is 10.3. The third-order valence-corrected chi connectivity index (χ3v) is 2.75. The molecule has 0 unspecified atom stereocenters. The van der Waals surface area contributed by atoms with Gasteiger partial charge in [0.1, 0.15) is 0 Å². The van der Waals surface area contributed by atoms with Gasteiger partial charge in [-0.3, -0.25) is 4.90 Å². The fourth-order valence-corrected chi connectivity index (χ4v) is 2.05. The number of thiazole rings is 1. The minimum absolute atomic E-state index is 0.122. The Labute approximate surface area is 75.7 Å². The standard InChI is InChI=1S/C8H12N2OS/c11-8-1-2-10(4-8)3-7-5-12-6-9-7/h5-6,8,11H,1-4H2/t8-/m0/s1. The van der Waals surface area contributed by atoms with E-state index in [1.54, 1.807) is 11.3 Å². The average Bonchev–Trinajstić information content (AvgIpc) is 2.63. The number of hydrogen-bond donors (Lipinski definition) is 1. The second kappa shape index (κ2) is 3.51. The average molecular weight is 184 g/mol. The molecule has 0 radical (unpaired) electrons. The minimum Gasteiger partial charge on any atom is -0.392 e. The van der Waals surface area contributed by atoms with E-state index < -0.39 is 0 Å². The largest absolute Gasteiger partial charge is 0.392 e. The zero-order chi connectivity index (χ0) is 8.39. The molecule has 1 aliphatic rings. The normalized spacial score (nSPS) is 24.9. The Morgan fingerprint density at radius 3 is 3.25 bits per heavy atom. The number of aliphatic hydroxyl groups is 1. The van der Waals surface area contributed by atoms with E-state index in [-0.39, 0.29) is 6.10 Å². The molecule has 1 aliphatic heterocycles. The first-order chi connectivity index (χ1) is 5.84. The highest BCUT2D eigenvalue weighted by Gasteiger charge is 2.20. The Bertz CT molecular complexity index is 237. The van der Waals surface area contributed by atoms with Gasteiger partial charge in [0.05, 0.1) is 17.3 Å². The second-order valence-electron chi connectivity index (χ2n) is 3.16. The van der Waals surface area contributed by atoms with E-state index in [4.69, 9.17) is 0 Å². The first-order valence-electron chi connectivity index (χ1n) is 4.12. The Balaban J connectivity index is 1.88. The van der Waals surface area contributed by atoms with Gasteiger partial charge in [-0.1, -0.05) is 0 Å². The molecule has 1 aromatic rings. The van der Waals surface area contributed by atoms with Crippen molar-refractivity contribution in [1.29, 1.82) is 0 Å². The van der Waals surface area contributed by atoms with Crippen LogP contribution in [-0.4, -0.2) is 34.2 Å². The molecule has 1 N–H and O–H groups in total. The van der Waals surface area contributed by atoms with E-state index in [0.29, 0.717) is 0 Å². The molecule has 3 nitrogen and oxygen atoms in total. The Hall–Kier alpha value is -0.450. The zero-order valence-electron chi connectivity index (χ0n) is 6.81. The van der Waals surface area contributed by atoms with Crippen LogP contribution in [0.5, 0.6) is 0 Å². The van der Waals surface area contributed by atoms with Crippen LogP contribution in [0.25, 0.3) is 0 Å². The summed E-state index contributed by atoms with van der Waals surface area (Å²) in [7, 11) is 0. The monoisotopic (exact) mass is 184 g/mol. The van der Waals surface area contributed by atoms with Crippen LogP contribution in [0.1, 0.15) is 12.1 Å². The van der Waals surface area contributed by atoms with Crippen LogP contribution in [-0.2, 0) is 6.54 Å². The fourth-order valence-electron chi connectivity index (χ4n) is 1.50. The lowest BCUT2D eigenvalue weighted by Crippen LogP contribution is -2.21. The number of likely N-dealkylation sites (tertiary alicyclic amines) is 1. The molecule has 2 heterocycles. The summed E-state index contributed by atoms with van der Waals surface area (Å²) >= 11 is 1.62. The summed E-state index contributed by atoms with van der Waals surface area (Å²) in [5, 5.41) is 11.3. The van der Waals surface area contributed by atoms with Gasteiger partial charge in [0.2, 0.25) is 0 Å². The van der Waals surface area contributed by atoms with E-state index in [9.17, 15) is 5.11 Å². The summed E-state index contributed by atoms with van der Waals surface area (Å²) in [6.45, 7) is 2.69. The summed E-state index contributed by atoms with van der Waals surface area (Å²) in [6.07, 6.45) is 0.785. The van der Waals surface area contributed by atoms with Crippen LogP contribution >= 0.6 is 11.3 Å². The third kappa shape index (κ3) is 1.83. The molecular weight excluding hydrogens is 172 g/mol. The Morgan fingerprint density at radius 2 is 2.67 bits per heavy atom. The zero-order valence-corrected chi connectivity index (χ0v) is 7.63. The van der Waals surface area contributed by atoms with Crippen molar-refractivity contribution in [3.05, 3.63) is 16.6 Å². The molecule has 1 saturated heterocycles. The van der Waals surface area contributed by atoms with Gasteiger partial charge < -0.3 is 5.11 Å². The maximum Gasteiger partial charge on any atom is 0.0795 e. The molecule has 12 heavy (non-hydrogen) atoms. The number of hydrogen-bond acceptors (Lipinski definition) is 4. The van der Waals surface area contributed by atoms with Gasteiger partial charge in [-0.05, 0) is 6.42 Å². The summed E-state index contributed by atoms with van der Waals surface area (Å²) in [4.78, 5) is 6.44. The third-order valence-electron chi connectivity index (χ3n) is 2.12. The number of aliphatic hydroxyl groups excluding tert-OH is 1. The first kappa shape index (κ1) is 8.16. The van der Waals surface area contributed by atoms with Crippen molar-refractivity contribution in [2.24, 2.45) is 0 Å². The van der Waals surface area contributed by atoms with Gasteiger partial charge >= 0.3 is 0 Å². The molecule has 4 heteroatoms. The molecule has 2 rings (SSSR count). The molecule has 1 aromatic heterocycles. The predicted octanol–water partition coefficient (Wildman–Crippen LogP) is 0.710. The molecule has 1 fully saturated rings. The highest BCUT2D eigenvalue weighted by Crippen LogP contribution is 2.12. The van der Waals surface area contributed by atoms with Gasteiger partial charge in [0.15, 0.2) is 0 Å². The summed E-state index contributed by atoms with van der Waals surface area (Å²) in [6, 6.07) is 0. The van der Waals surface area contributed by atoms with E-state index in [0.717, 1.165) is 31.7 Å². The van der Waals surface area contributed by atoms with Crippen molar-refractivity contribution in [3.63, 3.8) is 0 Å². The van der Waals surface area contributed by atoms with Crippen molar-refractivity contribution >= 4 is 11.3 Å². The fraction of sp³-hybridized carbons (Fsp3) is 0.625. The highest BCUT2D eigenvalue weighted by atomic mass is 32.1. The Morgan fingerprint density at radius 1 is 1.75 bits per heavy atom. The smallest absolute Gasteiger partial charge is 0.0795 e. The molecule has 0 spiro atoms. The van der Waals surface area contributed by atoms with Crippen LogP contribution < -0.4 is 0 Å². The molecule has 0 aromatic carbocycles. The minimum atomic E-state index is -0.122. The van der Waals surface area contributed by atoms with Gasteiger partial charge in [-0.2, -0.15) is 0 Å². The van der Waals surface area contributed by atoms with Crippen molar-refractivity contribution in [2.75, 3.05) is 13.1 Å². The number of rotatable bonds is 2. The molecule has 0 saturated carbocycles. The molecule has 0 amide bonds. The summed E-state index contributed by atoms with van der Waals surface area (Å²) in [5.41, 5.74) is 2.97. The second-order valence-corrected chi connectivity index (χ2v) is 3.88. The molecule has 66 valence electrons. The van der Waals surface area contributed by atoms with E-state index in [2.05, 4.69) is 15.3 Å². The highest BCUT2D eigenvalue weighted by molar-refractivity contribution is 7.07. The summed E-state index contributed by atoms with van der Waals surface area (Å²) in [5.74, 6) is 0. The maximum atomic E-state index is 9.27. The number of β-amino-alcohol motifs (C(OH)–C–C–N with tert-alkyl or cyclic N) is 1. The first-order valence-corrected chi connectivity index (χ1v) is 5.06. The van der Waals surface area contributed by atoms with Crippen molar-refractivity contribution in [1.82, 2.24) is 9.88 Å². The lowest BCUT2D eigenvalue weighted by molar-refractivity contribution is 0.174. The maximum absolute atomic E-state index is 9.27. The number of nitrogens with zero attached hydrogens (tertiary/aromatic N) is 2. The number of aromatic nitrogens is 1. The van der Waals surface area contributed by atoms with Gasteiger partial charge in [-0.15, -0.1) is 11.3 Å². The molecular formula is C8H12N2OS. The Kier molecular flexibility index (Phi) is 2.39. The van der Waals surface area contributed by atoms with Crippen LogP contribution in [0.15, 0.2) is 10.9 Å². The van der Waals surface area contributed by atoms with Crippen molar-refractivity contribution in [2.45, 2.75) is 19.1 Å². The van der Waals surface area contributed by atoms with Gasteiger partial charge in [-0.25, -0.2) is 4.98 Å². The quantitative estimate of drug-likeness (QED) is 0.735. The van der Waals surface area contributed by atoms with Gasteiger partial charge in [0, 0.05) is 25.0 Å². The SMILES string of the molecule is O[C@H]1CCN(Cc2cscn2)C1. The lowest BCUT2D eigenvalue weighted by Gasteiger charge is -2.12. The van der Waals surface area contributed by atoms with E-state index in [1.807, 2.05) is 5.51 Å². The van der Waals surface area contributed by atoms with Crippen LogP contribution in [0.2, 0.25) is 0 Å². The molecule has 1 atom stereocenters. The van der Waals surface area contributed by atoms with Crippen LogP contribution in [0.3, 0.4) is 0 Å². The van der Waals surface area contributed by atoms with Crippen molar-refractivity contribution in [3.8, 4) is 0 Å². The van der Waals surface area contributed by atoms with Crippen LogP contribution in [0.4, 0.5) is 0 Å². The topological polar surface area (TPSA) is 36.4 Å². The predicted molar refractivity (Wildman–Crippen MR) is 48.0 cm³/mol. The summed E-state index contributed by atoms with van der Waals surface area (Å²) < 4.78 is 0. The molecule has 0 bridgehead atoms. The van der Waals surface area contributed by atoms with E-state index >= 15 is 0 Å². The van der Waals surface area contributed by atoms with Gasteiger partial charge in [0.25, 0.3) is 0 Å². The molecule has 0 aliphatic carbocycles. The van der Waals surface area contributed by atoms with E-state index in [1.165, 1.54) is 0 Å². The van der Waals surface area contributed by atoms with Crippen molar-refractivity contribution < 1.29 is 5.11 Å².